The molecular formula is C29H41N3O4. The van der Waals surface area contributed by atoms with E-state index in [1.807, 2.05) is 62.4 Å². The van der Waals surface area contributed by atoms with Gasteiger partial charge in [-0.05, 0) is 57.1 Å². The highest BCUT2D eigenvalue weighted by Gasteiger charge is 2.29. The molecule has 0 saturated carbocycles. The van der Waals surface area contributed by atoms with Crippen LogP contribution < -0.4 is 16.0 Å². The van der Waals surface area contributed by atoms with Crippen molar-refractivity contribution in [3.8, 4) is 0 Å². The maximum absolute atomic E-state index is 13.2. The van der Waals surface area contributed by atoms with Crippen LogP contribution in [0.5, 0.6) is 0 Å². The molecule has 2 atom stereocenters. The van der Waals surface area contributed by atoms with E-state index >= 15 is 0 Å². The molecule has 7 heteroatoms. The van der Waals surface area contributed by atoms with E-state index in [1.54, 1.807) is 20.8 Å². The average Bonchev–Trinajstić information content (AvgIpc) is 2.80. The molecule has 0 fully saturated rings. The monoisotopic (exact) mass is 495 g/mol. The van der Waals surface area contributed by atoms with Crippen LogP contribution in [0, 0.1) is 5.92 Å². The van der Waals surface area contributed by atoms with Gasteiger partial charge in [-0.2, -0.15) is 0 Å². The Morgan fingerprint density at radius 3 is 1.94 bits per heavy atom. The summed E-state index contributed by atoms with van der Waals surface area (Å²) in [5, 5.41) is 8.52. The largest absolute Gasteiger partial charge is 0.444 e. The van der Waals surface area contributed by atoms with Gasteiger partial charge in [0.1, 0.15) is 17.7 Å². The quantitative estimate of drug-likeness (QED) is 0.380. The van der Waals surface area contributed by atoms with Gasteiger partial charge in [0.25, 0.3) is 0 Å². The minimum Gasteiger partial charge on any atom is -0.444 e. The zero-order chi connectivity index (χ0) is 26.6. The summed E-state index contributed by atoms with van der Waals surface area (Å²) < 4.78 is 5.34. The summed E-state index contributed by atoms with van der Waals surface area (Å²) in [6.45, 7) is 9.74. The van der Waals surface area contributed by atoms with E-state index < -0.39 is 29.7 Å². The van der Waals surface area contributed by atoms with Gasteiger partial charge in [-0.15, -0.1) is 0 Å². The van der Waals surface area contributed by atoms with Crippen LogP contribution in [0.15, 0.2) is 60.7 Å². The van der Waals surface area contributed by atoms with E-state index in [2.05, 4.69) is 28.1 Å². The summed E-state index contributed by atoms with van der Waals surface area (Å²) in [5.74, 6) is -0.508. The molecule has 3 amide bonds. The number of hydrogen-bond donors (Lipinski definition) is 3. The molecule has 7 nitrogen and oxygen atoms in total. The minimum absolute atomic E-state index is 0.148. The maximum Gasteiger partial charge on any atom is 0.408 e. The predicted molar refractivity (Wildman–Crippen MR) is 142 cm³/mol. The lowest BCUT2D eigenvalue weighted by atomic mass is 10.0. The van der Waals surface area contributed by atoms with Crippen LogP contribution in [0.25, 0.3) is 0 Å². The Morgan fingerprint density at radius 1 is 0.806 bits per heavy atom. The zero-order valence-electron chi connectivity index (χ0n) is 22.2. The van der Waals surface area contributed by atoms with Crippen LogP contribution in [0.3, 0.4) is 0 Å². The summed E-state index contributed by atoms with van der Waals surface area (Å²) in [4.78, 5) is 38.7. The summed E-state index contributed by atoms with van der Waals surface area (Å²) in [6.07, 6.45) is 1.75. The van der Waals surface area contributed by atoms with Gasteiger partial charge >= 0.3 is 6.09 Å². The number of nitrogens with one attached hydrogen (secondary N) is 3. The van der Waals surface area contributed by atoms with E-state index in [9.17, 15) is 14.4 Å². The minimum atomic E-state index is -0.816. The standard InChI is InChI=1S/C29H41N3O4/c1-21(2)19-24(32-28(35)36-29(3,4)5)27(34)31-25(20-23-15-10-7-11-16-23)26(33)30-18-12-17-22-13-8-6-9-14-22/h6-11,13-16,21,24-25H,12,17-20H2,1-5H3,(H,30,33)(H,31,34)(H,32,35)/t24-,25+/m1/s1. The van der Waals surface area contributed by atoms with Gasteiger partial charge in [0.2, 0.25) is 11.8 Å². The highest BCUT2D eigenvalue weighted by Crippen LogP contribution is 2.11. The van der Waals surface area contributed by atoms with Crippen molar-refractivity contribution in [2.75, 3.05) is 6.54 Å². The van der Waals surface area contributed by atoms with Crippen molar-refractivity contribution in [3.63, 3.8) is 0 Å². The Bertz CT molecular complexity index is 955. The molecule has 0 aliphatic heterocycles. The fourth-order valence-corrected chi connectivity index (χ4v) is 3.76. The summed E-state index contributed by atoms with van der Waals surface area (Å²) in [7, 11) is 0. The molecule has 0 radical (unpaired) electrons. The lowest BCUT2D eigenvalue weighted by Crippen LogP contribution is -2.55. The van der Waals surface area contributed by atoms with Crippen LogP contribution in [-0.2, 0) is 27.2 Å². The number of rotatable bonds is 12. The normalized spacial score (nSPS) is 12.9. The van der Waals surface area contributed by atoms with E-state index in [4.69, 9.17) is 4.74 Å². The van der Waals surface area contributed by atoms with Crippen LogP contribution in [-0.4, -0.2) is 42.1 Å². The number of ether oxygens (including phenoxy) is 1. The summed E-state index contributed by atoms with van der Waals surface area (Å²) in [5.41, 5.74) is 1.46. The fraction of sp³-hybridized carbons (Fsp3) is 0.483. The molecule has 0 aliphatic rings. The average molecular weight is 496 g/mol. The number of alkyl carbamates (subject to hydrolysis) is 1. The fourth-order valence-electron chi connectivity index (χ4n) is 3.76. The van der Waals surface area contributed by atoms with E-state index in [0.29, 0.717) is 19.4 Å². The van der Waals surface area contributed by atoms with Gasteiger partial charge in [-0.3, -0.25) is 9.59 Å². The highest BCUT2D eigenvalue weighted by molar-refractivity contribution is 5.91. The molecule has 0 spiro atoms. The Morgan fingerprint density at radius 2 is 1.39 bits per heavy atom. The van der Waals surface area contributed by atoms with Crippen molar-refractivity contribution in [1.82, 2.24) is 16.0 Å². The zero-order valence-corrected chi connectivity index (χ0v) is 22.2. The van der Waals surface area contributed by atoms with Gasteiger partial charge in [-0.25, -0.2) is 4.79 Å². The molecule has 0 bridgehead atoms. The molecule has 196 valence electrons. The number of amides is 3. The van der Waals surface area contributed by atoms with E-state index in [-0.39, 0.29) is 11.8 Å². The molecule has 36 heavy (non-hydrogen) atoms. The molecule has 0 unspecified atom stereocenters. The Hall–Kier alpha value is -3.35. The van der Waals surface area contributed by atoms with E-state index in [1.165, 1.54) is 5.56 Å². The molecule has 0 aliphatic carbocycles. The second-order valence-electron chi connectivity index (χ2n) is 10.5. The van der Waals surface area contributed by atoms with E-state index in [0.717, 1.165) is 18.4 Å². The first-order valence-electron chi connectivity index (χ1n) is 12.7. The molecule has 3 N–H and O–H groups in total. The summed E-state index contributed by atoms with van der Waals surface area (Å²) in [6, 6.07) is 18.1. The molecular weight excluding hydrogens is 454 g/mol. The third kappa shape index (κ3) is 11.4. The number of carbonyl (C=O) groups is 3. The van der Waals surface area contributed by atoms with Crippen molar-refractivity contribution in [2.45, 2.75) is 78.0 Å². The maximum atomic E-state index is 13.2. The first-order chi connectivity index (χ1) is 17.0. The third-order valence-corrected chi connectivity index (χ3v) is 5.41. The Kier molecular flexibility index (Phi) is 11.4. The molecule has 2 aromatic carbocycles. The molecule has 0 saturated heterocycles. The smallest absolute Gasteiger partial charge is 0.408 e. The number of aryl methyl sites for hydroxylation is 1. The number of benzene rings is 2. The topological polar surface area (TPSA) is 96.5 Å². The lowest BCUT2D eigenvalue weighted by Gasteiger charge is -2.26. The second-order valence-corrected chi connectivity index (χ2v) is 10.5. The molecule has 2 aromatic rings. The Labute approximate surface area is 215 Å². The number of carbonyl (C=O) groups excluding carboxylic acids is 3. The van der Waals surface area contributed by atoms with Crippen molar-refractivity contribution >= 4 is 17.9 Å². The van der Waals surface area contributed by atoms with Crippen molar-refractivity contribution < 1.29 is 19.1 Å². The van der Waals surface area contributed by atoms with Crippen molar-refractivity contribution in [2.24, 2.45) is 5.92 Å². The molecule has 0 aromatic heterocycles. The second kappa shape index (κ2) is 14.3. The van der Waals surface area contributed by atoms with Crippen LogP contribution in [0.1, 0.15) is 58.6 Å². The third-order valence-electron chi connectivity index (χ3n) is 5.41. The van der Waals surface area contributed by atoms with Crippen LogP contribution in [0.4, 0.5) is 4.79 Å². The first kappa shape index (κ1) is 28.9. The van der Waals surface area contributed by atoms with Gasteiger partial charge < -0.3 is 20.7 Å². The highest BCUT2D eigenvalue weighted by atomic mass is 16.6. The number of hydrogen-bond acceptors (Lipinski definition) is 4. The van der Waals surface area contributed by atoms with Gasteiger partial charge in [-0.1, -0.05) is 74.5 Å². The molecule has 2 rings (SSSR count). The molecule has 0 heterocycles. The van der Waals surface area contributed by atoms with Crippen molar-refractivity contribution in [3.05, 3.63) is 71.8 Å². The summed E-state index contributed by atoms with van der Waals surface area (Å²) >= 11 is 0. The Balaban J connectivity index is 2.05. The van der Waals surface area contributed by atoms with Gasteiger partial charge in [0.05, 0.1) is 0 Å². The predicted octanol–water partition coefficient (Wildman–Crippen LogP) is 4.40. The first-order valence-corrected chi connectivity index (χ1v) is 12.7. The van der Waals surface area contributed by atoms with Crippen LogP contribution >= 0.6 is 0 Å². The van der Waals surface area contributed by atoms with Gasteiger partial charge in [0.15, 0.2) is 0 Å². The van der Waals surface area contributed by atoms with Crippen molar-refractivity contribution in [1.29, 1.82) is 0 Å². The lowest BCUT2D eigenvalue weighted by molar-refractivity contribution is -0.130. The SMILES string of the molecule is CC(C)C[C@@H](NC(=O)OC(C)(C)C)C(=O)N[C@@H](Cc1ccccc1)C(=O)NCCCc1ccccc1. The van der Waals surface area contributed by atoms with Crippen LogP contribution in [0.2, 0.25) is 0 Å². The van der Waals surface area contributed by atoms with Gasteiger partial charge in [0, 0.05) is 13.0 Å².